The van der Waals surface area contributed by atoms with Crippen LogP contribution in [0.5, 0.6) is 0 Å². The number of nitrogens with one attached hydrogen (secondary N) is 1. The van der Waals surface area contributed by atoms with Crippen molar-refractivity contribution in [3.63, 3.8) is 0 Å². The lowest BCUT2D eigenvalue weighted by Gasteiger charge is -2.32. The van der Waals surface area contributed by atoms with E-state index >= 15 is 0 Å². The van der Waals surface area contributed by atoms with Crippen molar-refractivity contribution in [2.45, 2.75) is 45.1 Å². The quantitative estimate of drug-likeness (QED) is 0.840. The second-order valence-electron chi connectivity index (χ2n) is 6.21. The molecule has 0 aromatic carbocycles. The van der Waals surface area contributed by atoms with E-state index in [2.05, 4.69) is 5.10 Å². The van der Waals surface area contributed by atoms with Crippen molar-refractivity contribution in [2.24, 2.45) is 5.73 Å². The molecule has 1 aliphatic heterocycles. The van der Waals surface area contributed by atoms with Crippen LogP contribution in [-0.4, -0.2) is 35.1 Å². The number of aromatic amines is 1. The first-order valence-corrected chi connectivity index (χ1v) is 6.84. The Kier molecular flexibility index (Phi) is 4.18. The molecule has 0 radical (unpaired) electrons. The molecule has 0 aliphatic carbocycles. The predicted octanol–water partition coefficient (Wildman–Crippen LogP) is 2.40. The molecule has 1 aliphatic rings. The Labute approximate surface area is 127 Å². The molecule has 0 bridgehead atoms. The maximum absolute atomic E-state index is 12.9. The first-order valence-electron chi connectivity index (χ1n) is 6.84. The van der Waals surface area contributed by atoms with Crippen LogP contribution in [0.3, 0.4) is 0 Å². The minimum Gasteiger partial charge on any atom is -0.400 e. The van der Waals surface area contributed by atoms with Crippen LogP contribution in [0.4, 0.5) is 13.2 Å². The van der Waals surface area contributed by atoms with Crippen LogP contribution >= 0.6 is 0 Å². The van der Waals surface area contributed by atoms with Gasteiger partial charge in [-0.3, -0.25) is 5.10 Å². The van der Waals surface area contributed by atoms with E-state index < -0.39 is 30.2 Å². The second-order valence-corrected chi connectivity index (χ2v) is 6.21. The zero-order chi connectivity index (χ0) is 16.8. The molecule has 9 heteroatoms. The summed E-state index contributed by atoms with van der Waals surface area (Å²) in [6, 6.07) is 0. The van der Waals surface area contributed by atoms with Gasteiger partial charge in [0.05, 0.1) is 17.4 Å². The van der Waals surface area contributed by atoms with Gasteiger partial charge in [-0.2, -0.15) is 18.3 Å². The average molecular weight is 317 g/mol. The van der Waals surface area contributed by atoms with Crippen LogP contribution in [0.1, 0.15) is 39.0 Å². The minimum absolute atomic E-state index is 0.0132. The number of nitrogens with two attached hydrogens (primary N) is 1. The van der Waals surface area contributed by atoms with Crippen molar-refractivity contribution in [2.75, 3.05) is 6.54 Å². The zero-order valence-electron chi connectivity index (χ0n) is 12.9. The number of H-pyrrole nitrogens is 1. The van der Waals surface area contributed by atoms with Gasteiger partial charge in [0.25, 0.3) is 0 Å². The van der Waals surface area contributed by atoms with E-state index in [-0.39, 0.29) is 12.1 Å². The van der Waals surface area contributed by atoms with Gasteiger partial charge >= 0.3 is 13.3 Å². The number of halogens is 3. The van der Waals surface area contributed by atoms with Crippen LogP contribution in [0.2, 0.25) is 0 Å². The number of aromatic nitrogens is 2. The molecule has 1 aromatic rings. The number of hydrogen-bond donors (Lipinski definition) is 2. The van der Waals surface area contributed by atoms with E-state index in [0.717, 1.165) is 6.20 Å². The maximum atomic E-state index is 12.9. The van der Waals surface area contributed by atoms with Gasteiger partial charge in [0, 0.05) is 12.1 Å². The Morgan fingerprint density at radius 2 is 1.86 bits per heavy atom. The molecular weight excluding hydrogens is 298 g/mol. The molecule has 1 saturated heterocycles. The lowest BCUT2D eigenvalue weighted by atomic mass is 9.77. The number of alkyl halides is 3. The third-order valence-corrected chi connectivity index (χ3v) is 4.08. The highest BCUT2D eigenvalue weighted by Gasteiger charge is 2.52. The van der Waals surface area contributed by atoms with Crippen molar-refractivity contribution >= 4 is 13.2 Å². The molecule has 2 heterocycles. The summed E-state index contributed by atoms with van der Waals surface area (Å²) in [4.78, 5) is 0. The normalized spacial score (nSPS) is 21.5. The second kappa shape index (κ2) is 5.40. The van der Waals surface area contributed by atoms with Crippen molar-refractivity contribution in [3.05, 3.63) is 22.9 Å². The Balaban J connectivity index is 2.33. The van der Waals surface area contributed by atoms with Crippen LogP contribution < -0.4 is 5.73 Å². The van der Waals surface area contributed by atoms with Gasteiger partial charge in [0.1, 0.15) is 5.69 Å². The van der Waals surface area contributed by atoms with Gasteiger partial charge in [-0.15, -0.1) is 0 Å². The topological polar surface area (TPSA) is 73.2 Å². The highest BCUT2D eigenvalue weighted by Crippen LogP contribution is 2.39. The first-order chi connectivity index (χ1) is 9.98. The van der Waals surface area contributed by atoms with E-state index in [9.17, 15) is 13.2 Å². The fourth-order valence-corrected chi connectivity index (χ4v) is 2.05. The third-order valence-electron chi connectivity index (χ3n) is 4.08. The lowest BCUT2D eigenvalue weighted by Crippen LogP contribution is -2.41. The van der Waals surface area contributed by atoms with Gasteiger partial charge in [0.2, 0.25) is 0 Å². The highest BCUT2D eigenvalue weighted by atomic mass is 19.4. The number of hydrogen-bond acceptors (Lipinski definition) is 4. The van der Waals surface area contributed by atoms with Gasteiger partial charge < -0.3 is 15.0 Å². The molecule has 5 nitrogen and oxygen atoms in total. The summed E-state index contributed by atoms with van der Waals surface area (Å²) in [6.45, 7) is 7.46. The number of nitrogens with zero attached hydrogens (tertiary/aromatic N) is 1. The number of rotatable bonds is 3. The van der Waals surface area contributed by atoms with Crippen molar-refractivity contribution in [1.29, 1.82) is 0 Å². The molecule has 0 unspecified atom stereocenters. The van der Waals surface area contributed by atoms with Crippen molar-refractivity contribution < 1.29 is 22.5 Å². The van der Waals surface area contributed by atoms with Crippen molar-refractivity contribution in [3.8, 4) is 0 Å². The first kappa shape index (κ1) is 17.0. The summed E-state index contributed by atoms with van der Waals surface area (Å²) in [5.41, 5.74) is 3.89. The smallest absolute Gasteiger partial charge is 0.400 e. The van der Waals surface area contributed by atoms with Crippen LogP contribution in [0.25, 0.3) is 6.08 Å². The van der Waals surface area contributed by atoms with E-state index in [1.165, 1.54) is 6.08 Å². The van der Waals surface area contributed by atoms with Crippen LogP contribution in [0, 0.1) is 0 Å². The molecule has 0 saturated carbocycles. The molecule has 1 fully saturated rings. The van der Waals surface area contributed by atoms with Gasteiger partial charge in [0.15, 0.2) is 0 Å². The zero-order valence-corrected chi connectivity index (χ0v) is 12.9. The average Bonchev–Trinajstić information content (AvgIpc) is 2.89. The van der Waals surface area contributed by atoms with E-state index in [1.807, 2.05) is 32.8 Å². The molecule has 0 spiro atoms. The minimum atomic E-state index is -4.52. The molecule has 1 aromatic heterocycles. The molecule has 122 valence electrons. The van der Waals surface area contributed by atoms with E-state index in [1.54, 1.807) is 0 Å². The summed E-state index contributed by atoms with van der Waals surface area (Å²) in [5, 5.41) is 5.40. The Morgan fingerprint density at radius 3 is 2.32 bits per heavy atom. The molecule has 3 N–H and O–H groups in total. The Hall–Kier alpha value is -1.32. The summed E-state index contributed by atoms with van der Waals surface area (Å²) >= 11 is 0. The third kappa shape index (κ3) is 3.06. The summed E-state index contributed by atoms with van der Waals surface area (Å²) in [5.74, 6) is 0. The SMILES string of the molecule is CC1(C)OB(C(=Cc2cn[nH]c2C(F)(F)F)CN)OC1(C)C. The van der Waals surface area contributed by atoms with Gasteiger partial charge in [-0.25, -0.2) is 0 Å². The monoisotopic (exact) mass is 317 g/mol. The molecule has 0 amide bonds. The van der Waals surface area contributed by atoms with E-state index in [0.29, 0.717) is 5.47 Å². The maximum Gasteiger partial charge on any atom is 0.491 e. The largest absolute Gasteiger partial charge is 0.491 e. The molecule has 22 heavy (non-hydrogen) atoms. The van der Waals surface area contributed by atoms with Crippen LogP contribution in [-0.2, 0) is 15.5 Å². The van der Waals surface area contributed by atoms with Gasteiger partial charge in [-0.1, -0.05) is 6.08 Å². The molecule has 2 rings (SSSR count). The standard InChI is InChI=1S/C13H19BF3N3O2/c1-11(2)12(3,4)22-14(21-11)9(6-18)5-8-7-19-20-10(8)13(15,16)17/h5,7H,6,18H2,1-4H3,(H,19,20). The fourth-order valence-electron chi connectivity index (χ4n) is 2.05. The lowest BCUT2D eigenvalue weighted by molar-refractivity contribution is -0.141. The van der Waals surface area contributed by atoms with Gasteiger partial charge in [-0.05, 0) is 33.2 Å². The fraction of sp³-hybridized carbons (Fsp3) is 0.615. The highest BCUT2D eigenvalue weighted by molar-refractivity contribution is 6.55. The molecular formula is C13H19BF3N3O2. The van der Waals surface area contributed by atoms with Crippen molar-refractivity contribution in [1.82, 2.24) is 10.2 Å². The molecule has 0 atom stereocenters. The van der Waals surface area contributed by atoms with E-state index in [4.69, 9.17) is 15.0 Å². The summed E-state index contributed by atoms with van der Waals surface area (Å²) in [7, 11) is -0.786. The van der Waals surface area contributed by atoms with Crippen LogP contribution in [0.15, 0.2) is 11.7 Å². The summed E-state index contributed by atoms with van der Waals surface area (Å²) < 4.78 is 50.2. The predicted molar refractivity (Wildman–Crippen MR) is 76.7 cm³/mol. The Bertz CT molecular complexity index is 565. The Morgan fingerprint density at radius 1 is 1.32 bits per heavy atom. The summed E-state index contributed by atoms with van der Waals surface area (Å²) in [6.07, 6.45) is -2.10.